The van der Waals surface area contributed by atoms with Crippen molar-refractivity contribution in [2.45, 2.75) is 34.0 Å². The van der Waals surface area contributed by atoms with Crippen LogP contribution in [0.1, 0.15) is 27.7 Å². The second-order valence-corrected chi connectivity index (χ2v) is 3.29. The molecule has 0 aromatic carbocycles. The standard InChI is InChI=1S/C12H18B/c1-6-10(3)8-9-11(4)12(5)13-7-2/h1,8-10H,7H2,2-5H3/b9-8-,12-11+. The minimum atomic E-state index is 0.226. The molecule has 0 aromatic heterocycles. The van der Waals surface area contributed by atoms with Crippen molar-refractivity contribution in [3.8, 4) is 12.3 Å². The van der Waals surface area contributed by atoms with Crippen molar-refractivity contribution in [3.05, 3.63) is 23.2 Å². The fourth-order valence-corrected chi connectivity index (χ4v) is 0.943. The van der Waals surface area contributed by atoms with Gasteiger partial charge in [0.15, 0.2) is 0 Å². The van der Waals surface area contributed by atoms with Crippen LogP contribution in [0.3, 0.4) is 0 Å². The zero-order valence-electron chi connectivity index (χ0n) is 9.09. The summed E-state index contributed by atoms with van der Waals surface area (Å²) in [5.41, 5.74) is 2.63. The third-order valence-electron chi connectivity index (χ3n) is 2.03. The Morgan fingerprint density at radius 1 is 1.54 bits per heavy atom. The van der Waals surface area contributed by atoms with Gasteiger partial charge in [0.25, 0.3) is 0 Å². The first-order valence-electron chi connectivity index (χ1n) is 4.76. The summed E-state index contributed by atoms with van der Waals surface area (Å²) < 4.78 is 0. The van der Waals surface area contributed by atoms with E-state index in [9.17, 15) is 0 Å². The first-order chi connectivity index (χ1) is 6.11. The molecule has 0 aliphatic heterocycles. The van der Waals surface area contributed by atoms with Crippen LogP contribution in [0.5, 0.6) is 0 Å². The van der Waals surface area contributed by atoms with Crippen LogP contribution < -0.4 is 0 Å². The summed E-state index contributed by atoms with van der Waals surface area (Å²) in [6, 6.07) is 0. The van der Waals surface area contributed by atoms with Gasteiger partial charge in [0.2, 0.25) is 0 Å². The van der Waals surface area contributed by atoms with Crippen LogP contribution in [0, 0.1) is 18.3 Å². The number of terminal acetylenes is 1. The lowest BCUT2D eigenvalue weighted by atomic mass is 9.66. The molecule has 0 N–H and O–H groups in total. The van der Waals surface area contributed by atoms with Crippen molar-refractivity contribution in [2.75, 3.05) is 0 Å². The van der Waals surface area contributed by atoms with Crippen molar-refractivity contribution >= 4 is 7.28 Å². The van der Waals surface area contributed by atoms with E-state index >= 15 is 0 Å². The zero-order valence-corrected chi connectivity index (χ0v) is 9.09. The number of allylic oxidation sites excluding steroid dienone is 4. The van der Waals surface area contributed by atoms with E-state index < -0.39 is 0 Å². The summed E-state index contributed by atoms with van der Waals surface area (Å²) in [7, 11) is 2.22. The van der Waals surface area contributed by atoms with Gasteiger partial charge >= 0.3 is 0 Å². The SMILES string of the molecule is C#CC(C)/C=C\C(C)=C(/C)[B]CC. The van der Waals surface area contributed by atoms with Crippen LogP contribution >= 0.6 is 0 Å². The molecular formula is C12H18B. The number of rotatable bonds is 4. The van der Waals surface area contributed by atoms with E-state index in [2.05, 4.69) is 46.1 Å². The van der Waals surface area contributed by atoms with Gasteiger partial charge in [-0.1, -0.05) is 43.8 Å². The maximum Gasteiger partial charge on any atom is 0.145 e. The van der Waals surface area contributed by atoms with Gasteiger partial charge in [-0.15, -0.1) is 11.9 Å². The molecule has 0 rings (SSSR count). The van der Waals surface area contributed by atoms with Crippen molar-refractivity contribution in [2.24, 2.45) is 5.92 Å². The smallest absolute Gasteiger partial charge is 0.119 e. The van der Waals surface area contributed by atoms with Gasteiger partial charge in [0.05, 0.1) is 0 Å². The van der Waals surface area contributed by atoms with E-state index in [4.69, 9.17) is 6.42 Å². The third-order valence-corrected chi connectivity index (χ3v) is 2.03. The monoisotopic (exact) mass is 173 g/mol. The second kappa shape index (κ2) is 6.60. The fourth-order valence-electron chi connectivity index (χ4n) is 0.943. The summed E-state index contributed by atoms with van der Waals surface area (Å²) in [6.45, 7) is 8.40. The van der Waals surface area contributed by atoms with Gasteiger partial charge in [0.1, 0.15) is 7.28 Å². The average molecular weight is 173 g/mol. The van der Waals surface area contributed by atoms with Crippen molar-refractivity contribution in [1.29, 1.82) is 0 Å². The van der Waals surface area contributed by atoms with Crippen molar-refractivity contribution < 1.29 is 0 Å². The molecule has 0 spiro atoms. The van der Waals surface area contributed by atoms with E-state index in [1.54, 1.807) is 0 Å². The highest BCUT2D eigenvalue weighted by Crippen LogP contribution is 2.06. The minimum Gasteiger partial charge on any atom is -0.119 e. The molecule has 0 saturated carbocycles. The Kier molecular flexibility index (Phi) is 6.15. The van der Waals surface area contributed by atoms with Crippen LogP contribution in [-0.4, -0.2) is 7.28 Å². The van der Waals surface area contributed by atoms with Crippen LogP contribution in [0.4, 0.5) is 0 Å². The molecule has 1 unspecified atom stereocenters. The van der Waals surface area contributed by atoms with Gasteiger partial charge in [-0.05, 0) is 13.8 Å². The molecule has 0 heterocycles. The first kappa shape index (κ1) is 12.1. The van der Waals surface area contributed by atoms with E-state index in [1.807, 2.05) is 6.92 Å². The Labute approximate surface area is 83.4 Å². The third kappa shape index (κ3) is 5.36. The molecule has 0 bridgehead atoms. The Bertz CT molecular complexity index is 240. The highest BCUT2D eigenvalue weighted by molar-refractivity contribution is 6.45. The molecule has 1 atom stereocenters. The van der Waals surface area contributed by atoms with Crippen LogP contribution in [-0.2, 0) is 0 Å². The van der Waals surface area contributed by atoms with Gasteiger partial charge in [-0.25, -0.2) is 0 Å². The number of hydrogen-bond acceptors (Lipinski definition) is 0. The quantitative estimate of drug-likeness (QED) is 0.347. The molecule has 0 aliphatic rings. The average Bonchev–Trinajstić information content (AvgIpc) is 2.13. The molecular weight excluding hydrogens is 155 g/mol. The second-order valence-electron chi connectivity index (χ2n) is 3.29. The predicted molar refractivity (Wildman–Crippen MR) is 61.7 cm³/mol. The molecule has 0 amide bonds. The van der Waals surface area contributed by atoms with E-state index in [-0.39, 0.29) is 5.92 Å². The molecule has 0 saturated heterocycles. The molecule has 0 fully saturated rings. The van der Waals surface area contributed by atoms with Gasteiger partial charge < -0.3 is 0 Å². The topological polar surface area (TPSA) is 0 Å². The maximum atomic E-state index is 5.27. The maximum absolute atomic E-state index is 5.27. The summed E-state index contributed by atoms with van der Waals surface area (Å²) in [5.74, 6) is 2.90. The molecule has 1 heteroatoms. The van der Waals surface area contributed by atoms with Crippen molar-refractivity contribution in [1.82, 2.24) is 0 Å². The predicted octanol–water partition coefficient (Wildman–Crippen LogP) is 3.25. The lowest BCUT2D eigenvalue weighted by molar-refractivity contribution is 0.980. The van der Waals surface area contributed by atoms with Crippen LogP contribution in [0.25, 0.3) is 0 Å². The highest BCUT2D eigenvalue weighted by atomic mass is 13.9. The molecule has 69 valence electrons. The lowest BCUT2D eigenvalue weighted by Gasteiger charge is -2.01. The normalized spacial score (nSPS) is 15.0. The fraction of sp³-hybridized carbons (Fsp3) is 0.500. The van der Waals surface area contributed by atoms with Crippen LogP contribution in [0.15, 0.2) is 23.2 Å². The Morgan fingerprint density at radius 2 is 2.15 bits per heavy atom. The van der Waals surface area contributed by atoms with E-state index in [0.717, 1.165) is 6.32 Å². The number of hydrogen-bond donors (Lipinski definition) is 0. The van der Waals surface area contributed by atoms with E-state index in [0.29, 0.717) is 0 Å². The molecule has 0 aromatic rings. The van der Waals surface area contributed by atoms with Crippen LogP contribution in [0.2, 0.25) is 6.32 Å². The largest absolute Gasteiger partial charge is 0.145 e. The van der Waals surface area contributed by atoms with Gasteiger partial charge in [0, 0.05) is 5.92 Å². The first-order valence-corrected chi connectivity index (χ1v) is 4.76. The zero-order chi connectivity index (χ0) is 10.3. The van der Waals surface area contributed by atoms with Crippen molar-refractivity contribution in [3.63, 3.8) is 0 Å². The summed E-state index contributed by atoms with van der Waals surface area (Å²) in [5, 5.41) is 0. The van der Waals surface area contributed by atoms with E-state index in [1.165, 1.54) is 11.0 Å². The van der Waals surface area contributed by atoms with Gasteiger partial charge in [-0.3, -0.25) is 0 Å². The lowest BCUT2D eigenvalue weighted by Crippen LogP contribution is -1.92. The Hall–Kier alpha value is -0.895. The molecule has 1 radical (unpaired) electrons. The summed E-state index contributed by atoms with van der Waals surface area (Å²) in [4.78, 5) is 0. The summed E-state index contributed by atoms with van der Waals surface area (Å²) in [6.07, 6.45) is 10.5. The molecule has 0 aliphatic carbocycles. The Morgan fingerprint density at radius 3 is 2.62 bits per heavy atom. The molecule has 13 heavy (non-hydrogen) atoms. The minimum absolute atomic E-state index is 0.226. The highest BCUT2D eigenvalue weighted by Gasteiger charge is 1.94. The summed E-state index contributed by atoms with van der Waals surface area (Å²) >= 11 is 0. The van der Waals surface area contributed by atoms with Gasteiger partial charge in [-0.2, -0.15) is 0 Å². The molecule has 0 nitrogen and oxygen atoms in total. The Balaban J connectivity index is 4.28.